The van der Waals surface area contributed by atoms with Gasteiger partial charge in [-0.3, -0.25) is 9.78 Å². The van der Waals surface area contributed by atoms with Gasteiger partial charge >= 0.3 is 0 Å². The molecule has 1 aliphatic rings. The summed E-state index contributed by atoms with van der Waals surface area (Å²) in [6, 6.07) is 11.9. The summed E-state index contributed by atoms with van der Waals surface area (Å²) >= 11 is 1.74. The van der Waals surface area contributed by atoms with Gasteiger partial charge < -0.3 is 15.8 Å². The topological polar surface area (TPSA) is 77.2 Å². The second-order valence-corrected chi connectivity index (χ2v) is 7.27. The Bertz CT molecular complexity index is 686. The maximum atomic E-state index is 12.7. The first kappa shape index (κ1) is 17.9. The highest BCUT2D eigenvalue weighted by Gasteiger charge is 2.38. The van der Waals surface area contributed by atoms with E-state index < -0.39 is 5.41 Å². The SMILES string of the molecule is NCC1(C(=O)Nc2ccc(SCc3cccnc3)cc2)CCOCC1. The quantitative estimate of drug-likeness (QED) is 0.777. The van der Waals surface area contributed by atoms with Crippen LogP contribution in [0, 0.1) is 5.41 Å². The number of benzene rings is 1. The van der Waals surface area contributed by atoms with Crippen molar-refractivity contribution in [1.82, 2.24) is 4.98 Å². The number of nitrogens with zero attached hydrogens (tertiary/aromatic N) is 1. The number of anilines is 1. The van der Waals surface area contributed by atoms with Gasteiger partial charge in [-0.15, -0.1) is 11.8 Å². The first-order valence-corrected chi connectivity index (χ1v) is 9.41. The second kappa shape index (κ2) is 8.47. The Balaban J connectivity index is 1.57. The highest BCUT2D eigenvalue weighted by atomic mass is 32.2. The lowest BCUT2D eigenvalue weighted by molar-refractivity contribution is -0.130. The molecule has 1 aromatic carbocycles. The fraction of sp³-hybridized carbons (Fsp3) is 0.368. The minimum Gasteiger partial charge on any atom is -0.381 e. The van der Waals surface area contributed by atoms with Gasteiger partial charge in [-0.1, -0.05) is 6.07 Å². The van der Waals surface area contributed by atoms with Crippen molar-refractivity contribution in [1.29, 1.82) is 0 Å². The number of hydrogen-bond donors (Lipinski definition) is 2. The maximum Gasteiger partial charge on any atom is 0.232 e. The lowest BCUT2D eigenvalue weighted by atomic mass is 9.79. The fourth-order valence-electron chi connectivity index (χ4n) is 2.83. The van der Waals surface area contributed by atoms with Crippen LogP contribution >= 0.6 is 11.8 Å². The minimum absolute atomic E-state index is 0.00550. The molecule has 0 bridgehead atoms. The van der Waals surface area contributed by atoms with Crippen molar-refractivity contribution in [3.05, 3.63) is 54.4 Å². The van der Waals surface area contributed by atoms with Gasteiger partial charge in [0.25, 0.3) is 0 Å². The van der Waals surface area contributed by atoms with E-state index in [0.717, 1.165) is 16.3 Å². The van der Waals surface area contributed by atoms with Crippen LogP contribution in [0.4, 0.5) is 5.69 Å². The van der Waals surface area contributed by atoms with Gasteiger partial charge in [0.2, 0.25) is 5.91 Å². The molecule has 0 spiro atoms. The molecular weight excluding hydrogens is 334 g/mol. The van der Waals surface area contributed by atoms with Crippen molar-refractivity contribution in [2.24, 2.45) is 11.1 Å². The van der Waals surface area contributed by atoms with Crippen molar-refractivity contribution >= 4 is 23.4 Å². The predicted molar refractivity (Wildman–Crippen MR) is 100 cm³/mol. The van der Waals surface area contributed by atoms with Crippen molar-refractivity contribution in [2.75, 3.05) is 25.1 Å². The molecule has 3 rings (SSSR count). The Morgan fingerprint density at radius 3 is 2.64 bits per heavy atom. The molecule has 25 heavy (non-hydrogen) atoms. The minimum atomic E-state index is -0.508. The van der Waals surface area contributed by atoms with Gasteiger partial charge in [-0.2, -0.15) is 0 Å². The third-order valence-corrected chi connectivity index (χ3v) is 5.65. The van der Waals surface area contributed by atoms with Gasteiger partial charge in [0, 0.05) is 48.5 Å². The van der Waals surface area contributed by atoms with E-state index in [2.05, 4.69) is 16.4 Å². The third-order valence-electron chi connectivity index (χ3n) is 4.56. The first-order chi connectivity index (χ1) is 12.2. The van der Waals surface area contributed by atoms with Crippen LogP contribution in [0.25, 0.3) is 0 Å². The summed E-state index contributed by atoms with van der Waals surface area (Å²) in [5.41, 5.74) is 7.37. The van der Waals surface area contributed by atoms with E-state index >= 15 is 0 Å². The molecule has 1 fully saturated rings. The molecule has 0 unspecified atom stereocenters. The molecule has 6 heteroatoms. The molecule has 0 atom stereocenters. The van der Waals surface area contributed by atoms with Gasteiger partial charge in [0.05, 0.1) is 5.41 Å². The fourth-order valence-corrected chi connectivity index (χ4v) is 3.67. The lowest BCUT2D eigenvalue weighted by Crippen LogP contribution is -2.46. The van der Waals surface area contributed by atoms with Crippen LogP contribution in [0.2, 0.25) is 0 Å². The summed E-state index contributed by atoms with van der Waals surface area (Å²) in [6.45, 7) is 1.53. The van der Waals surface area contributed by atoms with E-state index in [0.29, 0.717) is 32.6 Å². The smallest absolute Gasteiger partial charge is 0.232 e. The predicted octanol–water partition coefficient (Wildman–Crippen LogP) is 3.07. The largest absolute Gasteiger partial charge is 0.381 e. The average molecular weight is 357 g/mol. The molecule has 1 aliphatic heterocycles. The molecule has 3 N–H and O–H groups in total. The van der Waals surface area contributed by atoms with Gasteiger partial charge in [0.1, 0.15) is 0 Å². The summed E-state index contributed by atoms with van der Waals surface area (Å²) in [4.78, 5) is 17.9. The Labute approximate surface area is 152 Å². The zero-order chi connectivity index (χ0) is 17.5. The highest BCUT2D eigenvalue weighted by Crippen LogP contribution is 2.31. The lowest BCUT2D eigenvalue weighted by Gasteiger charge is -2.34. The van der Waals surface area contributed by atoms with E-state index in [1.807, 2.05) is 36.5 Å². The number of carbonyl (C=O) groups excluding carboxylic acids is 1. The number of pyridine rings is 1. The first-order valence-electron chi connectivity index (χ1n) is 8.43. The Morgan fingerprint density at radius 2 is 2.00 bits per heavy atom. The Morgan fingerprint density at radius 1 is 1.24 bits per heavy atom. The highest BCUT2D eigenvalue weighted by molar-refractivity contribution is 7.98. The number of nitrogens with one attached hydrogen (secondary N) is 1. The summed E-state index contributed by atoms with van der Waals surface area (Å²) in [5, 5.41) is 3.01. The molecule has 2 heterocycles. The molecule has 0 radical (unpaired) electrons. The Kier molecular flexibility index (Phi) is 6.07. The van der Waals surface area contributed by atoms with Crippen molar-refractivity contribution in [3.63, 3.8) is 0 Å². The van der Waals surface area contributed by atoms with Gasteiger partial charge in [-0.05, 0) is 48.7 Å². The van der Waals surface area contributed by atoms with E-state index in [-0.39, 0.29) is 5.91 Å². The normalized spacial score (nSPS) is 16.4. The zero-order valence-electron chi connectivity index (χ0n) is 14.1. The van der Waals surface area contributed by atoms with Crippen LogP contribution in [-0.2, 0) is 15.3 Å². The van der Waals surface area contributed by atoms with Crippen molar-refractivity contribution in [2.45, 2.75) is 23.5 Å². The van der Waals surface area contributed by atoms with Crippen LogP contribution in [-0.4, -0.2) is 30.6 Å². The number of ether oxygens (including phenoxy) is 1. The standard InChI is InChI=1S/C19H23N3O2S/c20-14-19(7-10-24-11-8-19)18(23)22-16-3-5-17(6-4-16)25-13-15-2-1-9-21-12-15/h1-6,9,12H,7-8,10-11,13-14,20H2,(H,22,23). The molecule has 5 nitrogen and oxygen atoms in total. The van der Waals surface area contributed by atoms with Gasteiger partial charge in [-0.25, -0.2) is 0 Å². The molecule has 132 valence electrons. The van der Waals surface area contributed by atoms with Crippen LogP contribution in [0.5, 0.6) is 0 Å². The number of aromatic nitrogens is 1. The third kappa shape index (κ3) is 4.60. The van der Waals surface area contributed by atoms with Crippen molar-refractivity contribution in [3.8, 4) is 0 Å². The van der Waals surface area contributed by atoms with E-state index in [1.165, 1.54) is 5.56 Å². The zero-order valence-corrected chi connectivity index (χ0v) is 14.9. The average Bonchev–Trinajstić information content (AvgIpc) is 2.68. The number of rotatable bonds is 6. The molecule has 1 amide bonds. The van der Waals surface area contributed by atoms with E-state index in [9.17, 15) is 4.79 Å². The number of hydrogen-bond acceptors (Lipinski definition) is 5. The Hall–Kier alpha value is -1.89. The number of nitrogens with two attached hydrogens (primary N) is 1. The molecule has 2 aromatic rings. The molecule has 0 aliphatic carbocycles. The summed E-state index contributed by atoms with van der Waals surface area (Å²) in [7, 11) is 0. The van der Waals surface area contributed by atoms with Crippen LogP contribution < -0.4 is 11.1 Å². The monoisotopic (exact) mass is 357 g/mol. The summed E-state index contributed by atoms with van der Waals surface area (Å²) in [5.74, 6) is 0.865. The maximum absolute atomic E-state index is 12.7. The van der Waals surface area contributed by atoms with Crippen molar-refractivity contribution < 1.29 is 9.53 Å². The summed E-state index contributed by atoms with van der Waals surface area (Å²) in [6.07, 6.45) is 5.00. The van der Waals surface area contributed by atoms with Crippen LogP contribution in [0.3, 0.4) is 0 Å². The number of thioether (sulfide) groups is 1. The number of amides is 1. The molecule has 0 saturated carbocycles. The van der Waals surface area contributed by atoms with Crippen LogP contribution in [0.15, 0.2) is 53.7 Å². The van der Waals surface area contributed by atoms with E-state index in [1.54, 1.807) is 18.0 Å². The summed E-state index contributed by atoms with van der Waals surface area (Å²) < 4.78 is 5.36. The molecular formula is C19H23N3O2S. The van der Waals surface area contributed by atoms with Gasteiger partial charge in [0.15, 0.2) is 0 Å². The van der Waals surface area contributed by atoms with Crippen LogP contribution in [0.1, 0.15) is 18.4 Å². The number of carbonyl (C=O) groups is 1. The molecule has 1 saturated heterocycles. The van der Waals surface area contributed by atoms with E-state index in [4.69, 9.17) is 10.5 Å². The second-order valence-electron chi connectivity index (χ2n) is 6.23. The molecule has 1 aromatic heterocycles.